The van der Waals surface area contributed by atoms with E-state index in [9.17, 15) is 4.79 Å². The van der Waals surface area contributed by atoms with Crippen LogP contribution in [0.2, 0.25) is 0 Å². The second kappa shape index (κ2) is 7.61. The zero-order valence-electron chi connectivity index (χ0n) is 14.5. The number of carbonyl (C=O) groups excluding carboxylic acids is 1. The number of nitrogens with zero attached hydrogens (tertiary/aromatic N) is 4. The summed E-state index contributed by atoms with van der Waals surface area (Å²) in [6, 6.07) is 25.6. The highest BCUT2D eigenvalue weighted by atomic mass is 16.2. The van der Waals surface area contributed by atoms with Crippen LogP contribution in [0.1, 0.15) is 5.56 Å². The lowest BCUT2D eigenvalue weighted by Crippen LogP contribution is -2.23. The lowest BCUT2D eigenvalue weighted by molar-refractivity contribution is -0.121. The van der Waals surface area contributed by atoms with Gasteiger partial charge in [0, 0.05) is 0 Å². The van der Waals surface area contributed by atoms with E-state index < -0.39 is 0 Å². The summed E-state index contributed by atoms with van der Waals surface area (Å²) in [6.45, 7) is 0.0603. The fourth-order valence-electron chi connectivity index (χ4n) is 2.78. The number of rotatable bonds is 5. The maximum atomic E-state index is 12.1. The SMILES string of the molecule is O=C(Cn1nnc2ccccc21)N/N=C\c1ccc(-c2ccccc2)cc1. The summed E-state index contributed by atoms with van der Waals surface area (Å²) >= 11 is 0. The van der Waals surface area contributed by atoms with Gasteiger partial charge in [0.1, 0.15) is 12.1 Å². The van der Waals surface area contributed by atoms with Gasteiger partial charge in [0.05, 0.1) is 11.7 Å². The molecular weight excluding hydrogens is 338 g/mol. The highest BCUT2D eigenvalue weighted by Crippen LogP contribution is 2.18. The minimum absolute atomic E-state index is 0.0603. The second-order valence-corrected chi connectivity index (χ2v) is 6.02. The molecule has 1 amide bonds. The van der Waals surface area contributed by atoms with Gasteiger partial charge < -0.3 is 0 Å². The summed E-state index contributed by atoms with van der Waals surface area (Å²) in [5.41, 5.74) is 7.29. The molecule has 0 atom stereocenters. The molecule has 4 rings (SSSR count). The van der Waals surface area contributed by atoms with Crippen molar-refractivity contribution in [2.45, 2.75) is 6.54 Å². The highest BCUT2D eigenvalue weighted by Gasteiger charge is 2.07. The lowest BCUT2D eigenvalue weighted by atomic mass is 10.0. The zero-order chi connectivity index (χ0) is 18.5. The van der Waals surface area contributed by atoms with Crippen molar-refractivity contribution >= 4 is 23.2 Å². The molecule has 1 N–H and O–H groups in total. The van der Waals surface area contributed by atoms with Crippen molar-refractivity contribution in [3.05, 3.63) is 84.4 Å². The third-order valence-corrected chi connectivity index (χ3v) is 4.13. The number of benzene rings is 3. The van der Waals surface area contributed by atoms with Crippen LogP contribution in [0.15, 0.2) is 84.0 Å². The van der Waals surface area contributed by atoms with Crippen molar-refractivity contribution in [1.82, 2.24) is 20.4 Å². The van der Waals surface area contributed by atoms with Crippen molar-refractivity contribution in [2.75, 3.05) is 0 Å². The van der Waals surface area contributed by atoms with Gasteiger partial charge in [0.25, 0.3) is 5.91 Å². The van der Waals surface area contributed by atoms with E-state index in [1.165, 1.54) is 0 Å². The third-order valence-electron chi connectivity index (χ3n) is 4.13. The number of hydrogen-bond donors (Lipinski definition) is 1. The predicted molar refractivity (Wildman–Crippen MR) is 105 cm³/mol. The molecule has 0 fully saturated rings. The number of carbonyl (C=O) groups is 1. The topological polar surface area (TPSA) is 72.2 Å². The minimum atomic E-state index is -0.261. The van der Waals surface area contributed by atoms with E-state index in [1.807, 2.05) is 66.7 Å². The van der Waals surface area contributed by atoms with Crippen LogP contribution < -0.4 is 5.43 Å². The fourth-order valence-corrected chi connectivity index (χ4v) is 2.78. The molecule has 0 aliphatic heterocycles. The second-order valence-electron chi connectivity index (χ2n) is 6.02. The van der Waals surface area contributed by atoms with Crippen LogP contribution >= 0.6 is 0 Å². The van der Waals surface area contributed by atoms with Crippen LogP contribution in [0.5, 0.6) is 0 Å². The standard InChI is InChI=1S/C21H17N5O/c27-21(15-26-20-9-5-4-8-19(20)23-25-26)24-22-14-16-10-12-18(13-11-16)17-6-2-1-3-7-17/h1-14H,15H2,(H,24,27)/b22-14-. The summed E-state index contributed by atoms with van der Waals surface area (Å²) in [7, 11) is 0. The first kappa shape index (κ1) is 16.7. The molecule has 0 radical (unpaired) electrons. The quantitative estimate of drug-likeness (QED) is 0.441. The average molecular weight is 355 g/mol. The van der Waals surface area contributed by atoms with E-state index >= 15 is 0 Å². The first-order chi connectivity index (χ1) is 13.3. The first-order valence-electron chi connectivity index (χ1n) is 8.55. The Morgan fingerprint density at radius 3 is 2.44 bits per heavy atom. The van der Waals surface area contributed by atoms with Crippen molar-refractivity contribution < 1.29 is 4.79 Å². The molecule has 6 heteroatoms. The number of hydrazone groups is 1. The molecule has 4 aromatic rings. The van der Waals surface area contributed by atoms with Crippen LogP contribution in [0.4, 0.5) is 0 Å². The maximum absolute atomic E-state index is 12.1. The van der Waals surface area contributed by atoms with E-state index in [0.717, 1.165) is 27.7 Å². The molecule has 0 saturated heterocycles. The summed E-state index contributed by atoms with van der Waals surface area (Å²) < 4.78 is 1.55. The minimum Gasteiger partial charge on any atom is -0.271 e. The smallest absolute Gasteiger partial charge is 0.261 e. The van der Waals surface area contributed by atoms with Gasteiger partial charge in [-0.1, -0.05) is 71.9 Å². The number of fused-ring (bicyclic) bond motifs is 1. The molecule has 0 aliphatic rings. The van der Waals surface area contributed by atoms with Gasteiger partial charge in [-0.25, -0.2) is 10.1 Å². The van der Waals surface area contributed by atoms with E-state index in [0.29, 0.717) is 0 Å². The number of amides is 1. The summed E-state index contributed by atoms with van der Waals surface area (Å²) in [5.74, 6) is -0.261. The number of nitrogens with one attached hydrogen (secondary N) is 1. The van der Waals surface area contributed by atoms with Crippen LogP contribution in [-0.2, 0) is 11.3 Å². The maximum Gasteiger partial charge on any atom is 0.261 e. The van der Waals surface area contributed by atoms with Gasteiger partial charge in [-0.3, -0.25) is 4.79 Å². The van der Waals surface area contributed by atoms with Crippen LogP contribution in [0.3, 0.4) is 0 Å². The van der Waals surface area contributed by atoms with Crippen LogP contribution in [0, 0.1) is 0 Å². The van der Waals surface area contributed by atoms with Gasteiger partial charge in [-0.15, -0.1) is 5.10 Å². The first-order valence-corrected chi connectivity index (χ1v) is 8.55. The molecule has 3 aromatic carbocycles. The molecular formula is C21H17N5O. The molecule has 132 valence electrons. The summed E-state index contributed by atoms with van der Waals surface area (Å²) in [4.78, 5) is 12.1. The molecule has 1 heterocycles. The van der Waals surface area contributed by atoms with Crippen molar-refractivity contribution in [3.8, 4) is 11.1 Å². The van der Waals surface area contributed by atoms with Crippen LogP contribution in [-0.4, -0.2) is 27.1 Å². The molecule has 0 saturated carbocycles. The summed E-state index contributed by atoms with van der Waals surface area (Å²) in [6.07, 6.45) is 1.62. The lowest BCUT2D eigenvalue weighted by Gasteiger charge is -2.02. The van der Waals surface area contributed by atoms with Gasteiger partial charge in [0.15, 0.2) is 0 Å². The van der Waals surface area contributed by atoms with Crippen molar-refractivity contribution in [3.63, 3.8) is 0 Å². The molecule has 0 bridgehead atoms. The van der Waals surface area contributed by atoms with E-state index in [4.69, 9.17) is 0 Å². The van der Waals surface area contributed by atoms with Crippen LogP contribution in [0.25, 0.3) is 22.2 Å². The molecule has 1 aromatic heterocycles. The normalized spacial score (nSPS) is 11.1. The van der Waals surface area contributed by atoms with Crippen molar-refractivity contribution in [1.29, 1.82) is 0 Å². The number of para-hydroxylation sites is 1. The highest BCUT2D eigenvalue weighted by molar-refractivity contribution is 5.84. The molecule has 6 nitrogen and oxygen atoms in total. The molecule has 0 aliphatic carbocycles. The largest absolute Gasteiger partial charge is 0.271 e. The van der Waals surface area contributed by atoms with Gasteiger partial charge in [-0.2, -0.15) is 5.10 Å². The Kier molecular flexibility index (Phi) is 4.70. The predicted octanol–water partition coefficient (Wildman–Crippen LogP) is 3.25. The monoisotopic (exact) mass is 355 g/mol. The Bertz CT molecular complexity index is 1080. The number of hydrogen-bond acceptors (Lipinski definition) is 4. The van der Waals surface area contributed by atoms with E-state index in [2.05, 4.69) is 33.0 Å². The fraction of sp³-hybridized carbons (Fsp3) is 0.0476. The Labute approximate surface area is 156 Å². The van der Waals surface area contributed by atoms with Crippen molar-refractivity contribution in [2.24, 2.45) is 5.10 Å². The third kappa shape index (κ3) is 3.90. The van der Waals surface area contributed by atoms with E-state index in [-0.39, 0.29) is 12.5 Å². The molecule has 0 unspecified atom stereocenters. The Morgan fingerprint density at radius 2 is 1.63 bits per heavy atom. The summed E-state index contributed by atoms with van der Waals surface area (Å²) in [5, 5.41) is 12.0. The Morgan fingerprint density at radius 1 is 0.926 bits per heavy atom. The average Bonchev–Trinajstić information content (AvgIpc) is 3.12. The van der Waals surface area contributed by atoms with Gasteiger partial charge >= 0.3 is 0 Å². The zero-order valence-corrected chi connectivity index (χ0v) is 14.5. The Hall–Kier alpha value is -3.80. The van der Waals surface area contributed by atoms with Gasteiger partial charge in [-0.05, 0) is 28.8 Å². The molecule has 0 spiro atoms. The Balaban J connectivity index is 1.36. The van der Waals surface area contributed by atoms with E-state index in [1.54, 1.807) is 10.9 Å². The van der Waals surface area contributed by atoms with Gasteiger partial charge in [0.2, 0.25) is 0 Å². The molecule has 27 heavy (non-hydrogen) atoms. The number of aromatic nitrogens is 3.